The zero-order valence-corrected chi connectivity index (χ0v) is 8.20. The second-order valence-corrected chi connectivity index (χ2v) is 2.88. The minimum absolute atomic E-state index is 0.162. The number of thiol groups is 1. The Morgan fingerprint density at radius 2 is 2.36 bits per heavy atom. The summed E-state index contributed by atoms with van der Waals surface area (Å²) in [6, 6.07) is 2.92. The topological polar surface area (TPSA) is 56.0 Å². The zero-order chi connectivity index (χ0) is 10.4. The average Bonchev–Trinajstić information content (AvgIpc) is 2.19. The highest BCUT2D eigenvalue weighted by Gasteiger charge is 2.04. The molecule has 0 aliphatic carbocycles. The van der Waals surface area contributed by atoms with Crippen LogP contribution in [0.4, 0.5) is 5.82 Å². The highest BCUT2D eigenvalue weighted by atomic mass is 32.1. The molecule has 1 aromatic rings. The van der Waals surface area contributed by atoms with Crippen molar-refractivity contribution in [1.82, 2.24) is 4.98 Å². The van der Waals surface area contributed by atoms with Gasteiger partial charge in [-0.25, -0.2) is 0 Å². The summed E-state index contributed by atoms with van der Waals surface area (Å²) in [6.45, 7) is 0. The van der Waals surface area contributed by atoms with Gasteiger partial charge in [-0.05, 0) is 16.0 Å². The lowest BCUT2D eigenvalue weighted by molar-refractivity contribution is -0.389. The molecule has 0 unspecified atom stereocenters. The van der Waals surface area contributed by atoms with Gasteiger partial charge in [-0.2, -0.15) is 12.6 Å². The van der Waals surface area contributed by atoms with E-state index >= 15 is 0 Å². The minimum Gasteiger partial charge on any atom is -0.358 e. The first-order valence-corrected chi connectivity index (χ1v) is 4.57. The van der Waals surface area contributed by atoms with Gasteiger partial charge >= 0.3 is 5.82 Å². The van der Waals surface area contributed by atoms with Gasteiger partial charge in [0.2, 0.25) is 0 Å². The Kier molecular flexibility index (Phi) is 3.95. The third-order valence-electron chi connectivity index (χ3n) is 1.40. The van der Waals surface area contributed by atoms with Crippen molar-refractivity contribution in [2.75, 3.05) is 5.75 Å². The summed E-state index contributed by atoms with van der Waals surface area (Å²) in [4.78, 5) is 13.4. The molecule has 0 amide bonds. The molecule has 0 bridgehead atoms. The van der Waals surface area contributed by atoms with Crippen molar-refractivity contribution in [2.24, 2.45) is 0 Å². The monoisotopic (exact) mass is 208 g/mol. The van der Waals surface area contributed by atoms with Crippen LogP contribution in [0.25, 0.3) is 0 Å². The maximum absolute atomic E-state index is 10.3. The van der Waals surface area contributed by atoms with Crippen molar-refractivity contribution < 1.29 is 4.92 Å². The Morgan fingerprint density at radius 1 is 1.57 bits per heavy atom. The summed E-state index contributed by atoms with van der Waals surface area (Å²) in [5.41, 5.74) is 0.678. The molecule has 0 aliphatic heterocycles. The molecular weight excluding hydrogens is 200 g/mol. The fourth-order valence-electron chi connectivity index (χ4n) is 0.788. The van der Waals surface area contributed by atoms with E-state index in [1.807, 2.05) is 0 Å². The molecule has 0 radical (unpaired) electrons. The fourth-order valence-corrected chi connectivity index (χ4v) is 0.900. The summed E-state index contributed by atoms with van der Waals surface area (Å²) in [5, 5.41) is 10.3. The number of hydrogen-bond donors (Lipinski definition) is 1. The standard InChI is InChI=1S/C9H8N2O2S/c12-11(13)9-5-4-8(7-10-9)3-1-2-6-14/h4-5,7,14H,2,6H2. The number of hydrogen-bond acceptors (Lipinski definition) is 4. The van der Waals surface area contributed by atoms with Crippen molar-refractivity contribution in [1.29, 1.82) is 0 Å². The Balaban J connectivity index is 2.75. The first kappa shape index (κ1) is 10.5. The molecule has 0 atom stereocenters. The minimum atomic E-state index is -0.537. The van der Waals surface area contributed by atoms with Crippen molar-refractivity contribution in [2.45, 2.75) is 6.42 Å². The van der Waals surface area contributed by atoms with E-state index in [-0.39, 0.29) is 5.82 Å². The van der Waals surface area contributed by atoms with Crippen LogP contribution >= 0.6 is 12.6 Å². The van der Waals surface area contributed by atoms with Gasteiger partial charge in [0, 0.05) is 18.2 Å². The Morgan fingerprint density at radius 3 is 2.86 bits per heavy atom. The molecule has 5 heteroatoms. The van der Waals surface area contributed by atoms with Crippen LogP contribution < -0.4 is 0 Å². The van der Waals surface area contributed by atoms with Crippen LogP contribution in [0, 0.1) is 22.0 Å². The van der Waals surface area contributed by atoms with Crippen LogP contribution in [0.3, 0.4) is 0 Å². The quantitative estimate of drug-likeness (QED) is 0.348. The molecular formula is C9H8N2O2S. The van der Waals surface area contributed by atoms with Crippen LogP contribution in [0.1, 0.15) is 12.0 Å². The molecule has 1 heterocycles. The van der Waals surface area contributed by atoms with Crippen LogP contribution in [-0.2, 0) is 0 Å². The van der Waals surface area contributed by atoms with Gasteiger partial charge in [-0.3, -0.25) is 0 Å². The lowest BCUT2D eigenvalue weighted by atomic mass is 10.3. The summed E-state index contributed by atoms with van der Waals surface area (Å²) >= 11 is 4.00. The normalized spacial score (nSPS) is 8.93. The van der Waals surface area contributed by atoms with E-state index in [2.05, 4.69) is 29.5 Å². The highest BCUT2D eigenvalue weighted by Crippen LogP contribution is 2.06. The molecule has 72 valence electrons. The molecule has 0 saturated heterocycles. The molecule has 0 aromatic carbocycles. The second kappa shape index (κ2) is 5.25. The zero-order valence-electron chi connectivity index (χ0n) is 7.30. The van der Waals surface area contributed by atoms with Gasteiger partial charge in [-0.1, -0.05) is 11.8 Å². The largest absolute Gasteiger partial charge is 0.363 e. The van der Waals surface area contributed by atoms with E-state index in [0.717, 1.165) is 0 Å². The summed E-state index contributed by atoms with van der Waals surface area (Å²) < 4.78 is 0. The van der Waals surface area contributed by atoms with Crippen LogP contribution in [0.5, 0.6) is 0 Å². The van der Waals surface area contributed by atoms with Crippen LogP contribution in [0.15, 0.2) is 18.3 Å². The van der Waals surface area contributed by atoms with E-state index in [0.29, 0.717) is 17.7 Å². The molecule has 0 aliphatic rings. The SMILES string of the molecule is O=[N+]([O-])c1ccc(C#CCCS)cn1. The molecule has 0 spiro atoms. The van der Waals surface area contributed by atoms with Gasteiger partial charge in [0.05, 0.1) is 5.56 Å². The summed E-state index contributed by atoms with van der Waals surface area (Å²) in [5.74, 6) is 6.23. The van der Waals surface area contributed by atoms with Crippen molar-refractivity contribution >= 4 is 18.4 Å². The van der Waals surface area contributed by atoms with Crippen molar-refractivity contribution in [3.63, 3.8) is 0 Å². The van der Waals surface area contributed by atoms with Gasteiger partial charge in [0.15, 0.2) is 6.20 Å². The van der Waals surface area contributed by atoms with E-state index in [1.54, 1.807) is 6.07 Å². The third-order valence-corrected chi connectivity index (χ3v) is 1.63. The van der Waals surface area contributed by atoms with E-state index in [1.165, 1.54) is 12.3 Å². The Bertz CT molecular complexity index is 378. The number of nitro groups is 1. The highest BCUT2D eigenvalue weighted by molar-refractivity contribution is 7.80. The number of nitrogens with zero attached hydrogens (tertiary/aromatic N) is 2. The summed E-state index contributed by atoms with van der Waals surface area (Å²) in [7, 11) is 0. The van der Waals surface area contributed by atoms with E-state index in [4.69, 9.17) is 0 Å². The van der Waals surface area contributed by atoms with E-state index < -0.39 is 4.92 Å². The van der Waals surface area contributed by atoms with Gasteiger partial charge < -0.3 is 10.1 Å². The lowest BCUT2D eigenvalue weighted by Crippen LogP contribution is -1.91. The molecule has 1 aromatic heterocycles. The average molecular weight is 208 g/mol. The first-order chi connectivity index (χ1) is 6.74. The van der Waals surface area contributed by atoms with Gasteiger partial charge in [0.1, 0.15) is 0 Å². The molecule has 14 heavy (non-hydrogen) atoms. The molecule has 0 N–H and O–H groups in total. The van der Waals surface area contributed by atoms with Crippen LogP contribution in [-0.4, -0.2) is 15.7 Å². The van der Waals surface area contributed by atoms with Gasteiger partial charge in [0.25, 0.3) is 0 Å². The van der Waals surface area contributed by atoms with Crippen LogP contribution in [0.2, 0.25) is 0 Å². The van der Waals surface area contributed by atoms with Gasteiger partial charge in [-0.15, -0.1) is 0 Å². The van der Waals surface area contributed by atoms with Crippen molar-refractivity contribution in [3.8, 4) is 11.8 Å². The number of aromatic nitrogens is 1. The maximum atomic E-state index is 10.3. The predicted molar refractivity (Wildman–Crippen MR) is 56.2 cm³/mol. The molecule has 1 rings (SSSR count). The predicted octanol–water partition coefficient (Wildman–Crippen LogP) is 1.66. The fraction of sp³-hybridized carbons (Fsp3) is 0.222. The number of rotatable bonds is 2. The molecule has 0 fully saturated rings. The Hall–Kier alpha value is -1.54. The number of pyridine rings is 1. The first-order valence-electron chi connectivity index (χ1n) is 3.94. The van der Waals surface area contributed by atoms with Crippen molar-refractivity contribution in [3.05, 3.63) is 34.0 Å². The third kappa shape index (κ3) is 3.07. The Labute approximate surface area is 86.9 Å². The molecule has 0 saturated carbocycles. The molecule has 4 nitrogen and oxygen atoms in total. The smallest absolute Gasteiger partial charge is 0.358 e. The van der Waals surface area contributed by atoms with E-state index in [9.17, 15) is 10.1 Å². The lowest BCUT2D eigenvalue weighted by Gasteiger charge is -1.89. The maximum Gasteiger partial charge on any atom is 0.363 e. The second-order valence-electron chi connectivity index (χ2n) is 2.44. The summed E-state index contributed by atoms with van der Waals surface area (Å²) in [6.07, 6.45) is 2.09.